The third-order valence-corrected chi connectivity index (χ3v) is 3.20. The molecule has 3 heteroatoms. The summed E-state index contributed by atoms with van der Waals surface area (Å²) in [6.07, 6.45) is 4.41. The molecule has 1 aromatic heterocycles. The Bertz CT molecular complexity index is 403. The van der Waals surface area contributed by atoms with Crippen LogP contribution in [-0.2, 0) is 6.54 Å². The molecule has 0 saturated carbocycles. The van der Waals surface area contributed by atoms with Crippen LogP contribution in [-0.4, -0.2) is 22.6 Å². The quantitative estimate of drug-likeness (QED) is 0.778. The van der Waals surface area contributed by atoms with E-state index in [1.165, 1.54) is 12.8 Å². The molecule has 1 saturated heterocycles. The Kier molecular flexibility index (Phi) is 3.44. The zero-order valence-corrected chi connectivity index (χ0v) is 10.1. The van der Waals surface area contributed by atoms with Gasteiger partial charge in [-0.1, -0.05) is 6.07 Å². The Hall–Kier alpha value is -1.09. The van der Waals surface area contributed by atoms with Crippen LogP contribution >= 0.6 is 0 Å². The zero-order chi connectivity index (χ0) is 11.5. The van der Waals surface area contributed by atoms with Crippen molar-refractivity contribution in [2.24, 2.45) is 0 Å². The minimum absolute atomic E-state index is 0.171. The summed E-state index contributed by atoms with van der Waals surface area (Å²) in [6, 6.07) is 4.18. The standard InChI is InChI=1S/C13H20N2O/c1-11(2)15-9-5-6-12(13(15)16)10-14-7-3-4-8-14/h5-6,9,11H,3-4,7-8,10H2,1-2H3. The molecule has 3 nitrogen and oxygen atoms in total. The molecule has 2 rings (SSSR count). The van der Waals surface area contributed by atoms with E-state index in [2.05, 4.69) is 4.90 Å². The first-order valence-corrected chi connectivity index (χ1v) is 6.11. The second kappa shape index (κ2) is 4.83. The van der Waals surface area contributed by atoms with Gasteiger partial charge in [0.1, 0.15) is 0 Å². The van der Waals surface area contributed by atoms with Gasteiger partial charge in [-0.15, -0.1) is 0 Å². The molecule has 88 valence electrons. The molecule has 0 aromatic carbocycles. The van der Waals surface area contributed by atoms with Crippen molar-refractivity contribution in [3.05, 3.63) is 34.2 Å². The van der Waals surface area contributed by atoms with Gasteiger partial charge in [0.25, 0.3) is 5.56 Å². The third-order valence-electron chi connectivity index (χ3n) is 3.20. The van der Waals surface area contributed by atoms with E-state index < -0.39 is 0 Å². The van der Waals surface area contributed by atoms with E-state index in [0.29, 0.717) is 0 Å². The summed E-state index contributed by atoms with van der Waals surface area (Å²) in [4.78, 5) is 14.5. The molecule has 0 atom stereocenters. The Morgan fingerprint density at radius 2 is 2.00 bits per heavy atom. The summed E-state index contributed by atoms with van der Waals surface area (Å²) in [5.74, 6) is 0. The Balaban J connectivity index is 2.20. The molecular weight excluding hydrogens is 200 g/mol. The fourth-order valence-electron chi connectivity index (χ4n) is 2.27. The summed E-state index contributed by atoms with van der Waals surface area (Å²) in [7, 11) is 0. The maximum absolute atomic E-state index is 12.1. The number of likely N-dealkylation sites (tertiary alicyclic amines) is 1. The number of pyridine rings is 1. The monoisotopic (exact) mass is 220 g/mol. The minimum atomic E-state index is 0.171. The summed E-state index contributed by atoms with van der Waals surface area (Å²) in [5.41, 5.74) is 1.10. The maximum Gasteiger partial charge on any atom is 0.255 e. The third kappa shape index (κ3) is 2.35. The normalized spacial score (nSPS) is 17.2. The van der Waals surface area contributed by atoms with E-state index in [9.17, 15) is 4.79 Å². The molecule has 2 heterocycles. The first kappa shape index (κ1) is 11.4. The van der Waals surface area contributed by atoms with Gasteiger partial charge in [0, 0.05) is 24.3 Å². The van der Waals surface area contributed by atoms with Crippen LogP contribution in [0.5, 0.6) is 0 Å². The first-order chi connectivity index (χ1) is 7.68. The number of hydrogen-bond donors (Lipinski definition) is 0. The molecule has 0 radical (unpaired) electrons. The molecule has 0 bridgehead atoms. The van der Waals surface area contributed by atoms with Crippen LogP contribution in [0.3, 0.4) is 0 Å². The highest BCUT2D eigenvalue weighted by Crippen LogP contribution is 2.11. The lowest BCUT2D eigenvalue weighted by Gasteiger charge is -2.16. The van der Waals surface area contributed by atoms with Gasteiger partial charge < -0.3 is 4.57 Å². The molecular formula is C13H20N2O. The highest BCUT2D eigenvalue weighted by atomic mass is 16.1. The Morgan fingerprint density at radius 3 is 2.62 bits per heavy atom. The van der Waals surface area contributed by atoms with Crippen LogP contribution in [0.1, 0.15) is 38.3 Å². The van der Waals surface area contributed by atoms with Gasteiger partial charge in [0.05, 0.1) is 0 Å². The van der Waals surface area contributed by atoms with Crippen molar-refractivity contribution in [1.29, 1.82) is 0 Å². The van der Waals surface area contributed by atoms with E-state index in [0.717, 1.165) is 25.2 Å². The van der Waals surface area contributed by atoms with Gasteiger partial charge in [-0.25, -0.2) is 0 Å². The van der Waals surface area contributed by atoms with Crippen molar-refractivity contribution >= 4 is 0 Å². The topological polar surface area (TPSA) is 25.2 Å². The van der Waals surface area contributed by atoms with Crippen LogP contribution in [0.15, 0.2) is 23.1 Å². The summed E-state index contributed by atoms with van der Waals surface area (Å²) in [5, 5.41) is 0. The summed E-state index contributed by atoms with van der Waals surface area (Å²) in [6.45, 7) is 7.17. The van der Waals surface area contributed by atoms with Gasteiger partial charge >= 0.3 is 0 Å². The SMILES string of the molecule is CC(C)n1cccc(CN2CCCC2)c1=O. The van der Waals surface area contributed by atoms with Crippen molar-refractivity contribution < 1.29 is 0 Å². The number of aromatic nitrogens is 1. The van der Waals surface area contributed by atoms with Gasteiger partial charge in [0.15, 0.2) is 0 Å². The van der Waals surface area contributed by atoms with Gasteiger partial charge in [-0.2, -0.15) is 0 Å². The molecule has 1 fully saturated rings. The van der Waals surface area contributed by atoms with Crippen LogP contribution in [0.25, 0.3) is 0 Å². The summed E-state index contributed by atoms with van der Waals surface area (Å²) < 4.78 is 1.81. The van der Waals surface area contributed by atoms with Gasteiger partial charge in [-0.3, -0.25) is 9.69 Å². The van der Waals surface area contributed by atoms with Gasteiger partial charge in [-0.05, 0) is 45.8 Å². The molecule has 1 aliphatic heterocycles. The lowest BCUT2D eigenvalue weighted by atomic mass is 10.2. The maximum atomic E-state index is 12.1. The second-order valence-electron chi connectivity index (χ2n) is 4.82. The lowest BCUT2D eigenvalue weighted by Crippen LogP contribution is -2.29. The average Bonchev–Trinajstić information content (AvgIpc) is 2.73. The number of rotatable bonds is 3. The fourth-order valence-corrected chi connectivity index (χ4v) is 2.27. The minimum Gasteiger partial charge on any atom is -0.313 e. The Labute approximate surface area is 96.7 Å². The molecule has 1 aromatic rings. The average molecular weight is 220 g/mol. The molecule has 0 aliphatic carbocycles. The highest BCUT2D eigenvalue weighted by molar-refractivity contribution is 5.11. The molecule has 0 unspecified atom stereocenters. The zero-order valence-electron chi connectivity index (χ0n) is 10.1. The second-order valence-corrected chi connectivity index (χ2v) is 4.82. The van der Waals surface area contributed by atoms with E-state index in [-0.39, 0.29) is 11.6 Å². The first-order valence-electron chi connectivity index (χ1n) is 6.11. The van der Waals surface area contributed by atoms with Crippen molar-refractivity contribution in [3.8, 4) is 0 Å². The number of hydrogen-bond acceptors (Lipinski definition) is 2. The van der Waals surface area contributed by atoms with Crippen molar-refractivity contribution in [2.45, 2.75) is 39.3 Å². The van der Waals surface area contributed by atoms with E-state index in [1.54, 1.807) is 0 Å². The lowest BCUT2D eigenvalue weighted by molar-refractivity contribution is 0.328. The van der Waals surface area contributed by atoms with Crippen LogP contribution in [0, 0.1) is 0 Å². The van der Waals surface area contributed by atoms with E-state index in [4.69, 9.17) is 0 Å². The van der Waals surface area contributed by atoms with Crippen molar-refractivity contribution in [3.63, 3.8) is 0 Å². The number of nitrogens with zero attached hydrogens (tertiary/aromatic N) is 2. The van der Waals surface area contributed by atoms with Crippen molar-refractivity contribution in [2.75, 3.05) is 13.1 Å². The molecule has 1 aliphatic rings. The van der Waals surface area contributed by atoms with E-state index in [1.807, 2.05) is 36.7 Å². The molecule has 16 heavy (non-hydrogen) atoms. The largest absolute Gasteiger partial charge is 0.313 e. The smallest absolute Gasteiger partial charge is 0.255 e. The predicted molar refractivity (Wildman–Crippen MR) is 65.6 cm³/mol. The molecule has 0 amide bonds. The van der Waals surface area contributed by atoms with E-state index >= 15 is 0 Å². The van der Waals surface area contributed by atoms with Crippen LogP contribution in [0.2, 0.25) is 0 Å². The highest BCUT2D eigenvalue weighted by Gasteiger charge is 2.14. The summed E-state index contributed by atoms with van der Waals surface area (Å²) >= 11 is 0. The van der Waals surface area contributed by atoms with Crippen LogP contribution < -0.4 is 5.56 Å². The predicted octanol–water partition coefficient (Wildman–Crippen LogP) is 2.02. The van der Waals surface area contributed by atoms with Crippen molar-refractivity contribution in [1.82, 2.24) is 9.47 Å². The molecule has 0 N–H and O–H groups in total. The fraction of sp³-hybridized carbons (Fsp3) is 0.615. The Morgan fingerprint density at radius 1 is 1.31 bits per heavy atom. The molecule has 0 spiro atoms. The van der Waals surface area contributed by atoms with Gasteiger partial charge in [0.2, 0.25) is 0 Å². The van der Waals surface area contributed by atoms with Crippen LogP contribution in [0.4, 0.5) is 0 Å².